The number of fused-ring (bicyclic) bond motifs is 3. The summed E-state index contributed by atoms with van der Waals surface area (Å²) in [5, 5.41) is 11.7. The first kappa shape index (κ1) is 18.0. The molecule has 2 fully saturated rings. The fourth-order valence-corrected chi connectivity index (χ4v) is 4.47. The molecule has 29 heavy (non-hydrogen) atoms. The van der Waals surface area contributed by atoms with Gasteiger partial charge in [0.15, 0.2) is 11.2 Å². The predicted molar refractivity (Wildman–Crippen MR) is 107 cm³/mol. The summed E-state index contributed by atoms with van der Waals surface area (Å²) in [4.78, 5) is 29.2. The zero-order valence-electron chi connectivity index (χ0n) is 15.9. The molecule has 3 aromatic rings. The fraction of sp³-hybridized carbons (Fsp3) is 0.400. The lowest BCUT2D eigenvalue weighted by molar-refractivity contribution is 0.176. The largest absolute Gasteiger partial charge is 0.352 e. The summed E-state index contributed by atoms with van der Waals surface area (Å²) in [6.45, 7) is 0. The Kier molecular flexibility index (Phi) is 4.20. The van der Waals surface area contributed by atoms with Crippen LogP contribution in [0.4, 0.5) is 10.2 Å². The van der Waals surface area contributed by atoms with E-state index in [0.717, 1.165) is 19.3 Å². The maximum atomic E-state index is 14.8. The van der Waals surface area contributed by atoms with Gasteiger partial charge in [0.2, 0.25) is 0 Å². The molecule has 0 aromatic carbocycles. The number of nitrogens with one attached hydrogen (secondary N) is 2. The van der Waals surface area contributed by atoms with E-state index in [9.17, 15) is 14.0 Å². The molecule has 2 N–H and O–H groups in total. The Hall–Kier alpha value is -3.07. The number of hydrogen-bond donors (Lipinski definition) is 2. The van der Waals surface area contributed by atoms with Gasteiger partial charge in [0.05, 0.1) is 17.3 Å². The van der Waals surface area contributed by atoms with Crippen LogP contribution in [-0.4, -0.2) is 50.9 Å². The monoisotopic (exact) mass is 396 g/mol. The van der Waals surface area contributed by atoms with Gasteiger partial charge >= 0.3 is 0 Å². The number of halogens is 1. The van der Waals surface area contributed by atoms with Crippen molar-refractivity contribution in [1.82, 2.24) is 24.9 Å². The molecule has 2 aliphatic heterocycles. The minimum absolute atomic E-state index is 0.0934. The van der Waals surface area contributed by atoms with Crippen molar-refractivity contribution in [3.63, 3.8) is 0 Å². The van der Waals surface area contributed by atoms with Crippen LogP contribution in [0.3, 0.4) is 0 Å². The van der Waals surface area contributed by atoms with Gasteiger partial charge in [-0.2, -0.15) is 0 Å². The summed E-state index contributed by atoms with van der Waals surface area (Å²) in [5.41, 5.74) is 0.543. The van der Waals surface area contributed by atoms with Crippen molar-refractivity contribution in [2.45, 2.75) is 43.6 Å². The van der Waals surface area contributed by atoms with Crippen molar-refractivity contribution >= 4 is 11.5 Å². The highest BCUT2D eigenvalue weighted by molar-refractivity contribution is 5.61. The molecule has 2 unspecified atom stereocenters. The van der Waals surface area contributed by atoms with E-state index >= 15 is 0 Å². The molecular weight excluding hydrogens is 375 g/mol. The first-order chi connectivity index (χ1) is 14.0. The Morgan fingerprint density at radius 2 is 2.07 bits per heavy atom. The smallest absolute Gasteiger partial charge is 0.257 e. The van der Waals surface area contributed by atoms with Crippen molar-refractivity contribution in [3.8, 4) is 11.3 Å². The number of anilines is 1. The topological polar surface area (TPSA) is 95.4 Å². The summed E-state index contributed by atoms with van der Waals surface area (Å²) in [7, 11) is 1.83. The Morgan fingerprint density at radius 3 is 2.86 bits per heavy atom. The Labute approximate surface area is 165 Å². The van der Waals surface area contributed by atoms with Crippen LogP contribution in [0.25, 0.3) is 16.9 Å². The number of aromatic amines is 1. The van der Waals surface area contributed by atoms with Gasteiger partial charge < -0.3 is 15.2 Å². The number of nitrogens with zero attached hydrogens (tertiary/aromatic N) is 4. The average molecular weight is 396 g/mol. The van der Waals surface area contributed by atoms with Crippen LogP contribution >= 0.6 is 0 Å². The van der Waals surface area contributed by atoms with Crippen molar-refractivity contribution in [2.75, 3.05) is 11.9 Å². The lowest BCUT2D eigenvalue weighted by Crippen LogP contribution is -2.55. The third-order valence-corrected chi connectivity index (χ3v) is 6.08. The Morgan fingerprint density at radius 1 is 1.21 bits per heavy atom. The zero-order chi connectivity index (χ0) is 20.1. The average Bonchev–Trinajstić information content (AvgIpc) is 3.14. The standard InChI is InChI=1S/C20H21FN6O2/c1-26(15-8-11-2-3-14(23-11)20(15)21)17-5-4-13(24-25-17)12-10-27-18(9-16(12)28)22-7-6-19(27)29/h4-7,9-11,14-15,20,22-23H,2-3,8H2,1H3/t11?,14?,15-,20+/m1/s1. The van der Waals surface area contributed by atoms with E-state index in [1.165, 1.54) is 28.9 Å². The van der Waals surface area contributed by atoms with E-state index in [1.807, 2.05) is 11.9 Å². The molecule has 2 saturated heterocycles. The van der Waals surface area contributed by atoms with Gasteiger partial charge in [0.1, 0.15) is 11.8 Å². The Bertz CT molecular complexity index is 1170. The van der Waals surface area contributed by atoms with Crippen LogP contribution in [0.1, 0.15) is 19.3 Å². The normalized spacial score (nSPS) is 26.0. The number of alkyl halides is 1. The van der Waals surface area contributed by atoms with Crippen LogP contribution < -0.4 is 21.2 Å². The Balaban J connectivity index is 1.45. The van der Waals surface area contributed by atoms with E-state index < -0.39 is 6.17 Å². The van der Waals surface area contributed by atoms with Gasteiger partial charge in [-0.1, -0.05) is 0 Å². The molecule has 0 amide bonds. The van der Waals surface area contributed by atoms with Crippen LogP contribution in [-0.2, 0) is 0 Å². The predicted octanol–water partition coefficient (Wildman–Crippen LogP) is 1.11. The van der Waals surface area contributed by atoms with Crippen LogP contribution in [0.15, 0.2) is 46.2 Å². The number of H-pyrrole nitrogens is 1. The molecular formula is C20H21FN6O2. The van der Waals surface area contributed by atoms with Crippen molar-refractivity contribution < 1.29 is 4.39 Å². The molecule has 0 aliphatic carbocycles. The van der Waals surface area contributed by atoms with Crippen LogP contribution in [0.5, 0.6) is 0 Å². The number of rotatable bonds is 3. The first-order valence-electron chi connectivity index (χ1n) is 9.72. The van der Waals surface area contributed by atoms with Gasteiger partial charge in [-0.05, 0) is 31.4 Å². The summed E-state index contributed by atoms with van der Waals surface area (Å²) < 4.78 is 16.2. The molecule has 0 spiro atoms. The number of piperidine rings is 1. The van der Waals surface area contributed by atoms with E-state index in [-0.39, 0.29) is 28.6 Å². The van der Waals surface area contributed by atoms with E-state index in [2.05, 4.69) is 20.5 Å². The highest BCUT2D eigenvalue weighted by Gasteiger charge is 2.43. The summed E-state index contributed by atoms with van der Waals surface area (Å²) in [6.07, 6.45) is 4.60. The molecule has 2 bridgehead atoms. The quantitative estimate of drug-likeness (QED) is 0.689. The molecule has 5 heterocycles. The van der Waals surface area contributed by atoms with Crippen molar-refractivity contribution in [3.05, 3.63) is 57.2 Å². The van der Waals surface area contributed by atoms with Gasteiger partial charge in [0, 0.05) is 43.7 Å². The van der Waals surface area contributed by atoms with E-state index in [1.54, 1.807) is 12.1 Å². The third kappa shape index (κ3) is 3.02. The van der Waals surface area contributed by atoms with Crippen LogP contribution in [0, 0.1) is 0 Å². The van der Waals surface area contributed by atoms with Crippen molar-refractivity contribution in [1.29, 1.82) is 0 Å². The molecule has 3 aromatic heterocycles. The summed E-state index contributed by atoms with van der Waals surface area (Å²) in [5.74, 6) is 0.557. The maximum Gasteiger partial charge on any atom is 0.257 e. The zero-order valence-corrected chi connectivity index (χ0v) is 15.9. The van der Waals surface area contributed by atoms with Crippen LogP contribution in [0.2, 0.25) is 0 Å². The van der Waals surface area contributed by atoms with E-state index in [4.69, 9.17) is 0 Å². The summed E-state index contributed by atoms with van der Waals surface area (Å²) >= 11 is 0. The van der Waals surface area contributed by atoms with Gasteiger partial charge in [-0.25, -0.2) is 4.39 Å². The van der Waals surface area contributed by atoms with E-state index in [0.29, 0.717) is 23.2 Å². The molecule has 2 aliphatic rings. The van der Waals surface area contributed by atoms with Gasteiger partial charge in [-0.3, -0.25) is 14.0 Å². The number of aromatic nitrogens is 4. The second-order valence-corrected chi connectivity index (χ2v) is 7.81. The molecule has 0 radical (unpaired) electrons. The first-order valence-corrected chi connectivity index (χ1v) is 9.72. The maximum absolute atomic E-state index is 14.8. The summed E-state index contributed by atoms with van der Waals surface area (Å²) in [6, 6.07) is 6.16. The molecule has 8 nitrogen and oxygen atoms in total. The SMILES string of the molecule is CN(c1ccc(-c2cn3c(=O)cc[nH]c3cc2=O)nn1)[C@@H]1CC2CCC(N2)[C@@H]1F. The lowest BCUT2D eigenvalue weighted by atomic mass is 9.96. The second-order valence-electron chi connectivity index (χ2n) is 7.81. The molecule has 5 rings (SSSR count). The highest BCUT2D eigenvalue weighted by Crippen LogP contribution is 2.33. The highest BCUT2D eigenvalue weighted by atomic mass is 19.1. The molecule has 4 atom stereocenters. The number of pyridine rings is 1. The minimum atomic E-state index is -0.961. The molecule has 9 heteroatoms. The minimum Gasteiger partial charge on any atom is -0.352 e. The third-order valence-electron chi connectivity index (χ3n) is 6.08. The molecule has 0 saturated carbocycles. The lowest BCUT2D eigenvalue weighted by Gasteiger charge is -2.38. The van der Waals surface area contributed by atoms with Gasteiger partial charge in [-0.15, -0.1) is 10.2 Å². The van der Waals surface area contributed by atoms with Gasteiger partial charge in [0.25, 0.3) is 5.56 Å². The molecule has 150 valence electrons. The fourth-order valence-electron chi connectivity index (χ4n) is 4.47. The number of hydrogen-bond acceptors (Lipinski definition) is 6. The second kappa shape index (κ2) is 6.77. The van der Waals surface area contributed by atoms with Crippen molar-refractivity contribution in [2.24, 2.45) is 0 Å².